The Labute approximate surface area is 111 Å². The lowest BCUT2D eigenvalue weighted by atomic mass is 10.3. The molecule has 0 saturated heterocycles. The highest BCUT2D eigenvalue weighted by atomic mass is 32.2. The van der Waals surface area contributed by atoms with Crippen LogP contribution in [0.2, 0.25) is 0 Å². The zero-order valence-electron chi connectivity index (χ0n) is 10.8. The molecule has 0 aromatic carbocycles. The lowest BCUT2D eigenvalue weighted by Gasteiger charge is -2.07. The Balaban J connectivity index is 1.97. The molecule has 0 spiro atoms. The molecular weight excluding hydrogens is 246 g/mol. The Morgan fingerprint density at radius 3 is 2.56 bits per heavy atom. The van der Waals surface area contributed by atoms with Gasteiger partial charge in [0.1, 0.15) is 0 Å². The third-order valence-electron chi connectivity index (χ3n) is 2.36. The second-order valence-corrected chi connectivity index (χ2v) is 5.27. The zero-order valence-corrected chi connectivity index (χ0v) is 11.6. The molecule has 0 aliphatic heterocycles. The Kier molecular flexibility index (Phi) is 4.33. The normalized spacial score (nSPS) is 11.1. The Hall–Kier alpha value is -1.40. The highest BCUT2D eigenvalue weighted by Gasteiger charge is 2.05. The van der Waals surface area contributed by atoms with Gasteiger partial charge in [0, 0.05) is 50.0 Å². The summed E-state index contributed by atoms with van der Waals surface area (Å²) >= 11 is 1.46. The quantitative estimate of drug-likeness (QED) is 0.834. The van der Waals surface area contributed by atoms with E-state index < -0.39 is 0 Å². The van der Waals surface area contributed by atoms with Crippen LogP contribution in [-0.4, -0.2) is 25.6 Å². The molecule has 96 valence electrons. The highest BCUT2D eigenvalue weighted by Crippen LogP contribution is 2.21. The van der Waals surface area contributed by atoms with E-state index in [1.165, 1.54) is 11.8 Å². The summed E-state index contributed by atoms with van der Waals surface area (Å²) in [5.41, 5.74) is 1.09. The molecule has 0 fully saturated rings. The number of aryl methyl sites for hydroxylation is 1. The molecule has 2 aromatic rings. The largest absolute Gasteiger partial charge is 0.329 e. The molecule has 2 heterocycles. The predicted molar refractivity (Wildman–Crippen MR) is 71.3 cm³/mol. The van der Waals surface area contributed by atoms with Crippen LogP contribution in [0.3, 0.4) is 0 Å². The van der Waals surface area contributed by atoms with Crippen molar-refractivity contribution >= 4 is 11.8 Å². The molecule has 6 heteroatoms. The second-order valence-electron chi connectivity index (χ2n) is 4.33. The van der Waals surface area contributed by atoms with E-state index in [9.17, 15) is 0 Å². The van der Waals surface area contributed by atoms with Gasteiger partial charge in [-0.25, -0.2) is 15.0 Å². The topological polar surface area (TPSA) is 55.6 Å². The molecule has 1 N–H and O–H groups in total. The summed E-state index contributed by atoms with van der Waals surface area (Å²) in [5.74, 6) is 0. The Morgan fingerprint density at radius 1 is 1.28 bits per heavy atom. The van der Waals surface area contributed by atoms with E-state index in [2.05, 4.69) is 34.1 Å². The van der Waals surface area contributed by atoms with Crippen molar-refractivity contribution in [3.05, 3.63) is 30.4 Å². The maximum Gasteiger partial charge on any atom is 0.195 e. The summed E-state index contributed by atoms with van der Waals surface area (Å²) in [6.45, 7) is 5.03. The van der Waals surface area contributed by atoms with Crippen LogP contribution in [0.25, 0.3) is 0 Å². The molecular formula is C12H17N5S. The van der Waals surface area contributed by atoms with Crippen LogP contribution >= 0.6 is 11.8 Å². The van der Waals surface area contributed by atoms with Gasteiger partial charge in [0.15, 0.2) is 10.3 Å². The Bertz CT molecular complexity index is 491. The van der Waals surface area contributed by atoms with Gasteiger partial charge in [-0.3, -0.25) is 0 Å². The van der Waals surface area contributed by atoms with Gasteiger partial charge in [-0.2, -0.15) is 0 Å². The van der Waals surface area contributed by atoms with E-state index in [1.54, 1.807) is 6.20 Å². The molecule has 0 aliphatic rings. The SMILES string of the molecule is CC(C)NCc1cnc(Sc2nccn2C)nc1. The molecule has 0 amide bonds. The van der Waals surface area contributed by atoms with Gasteiger partial charge in [0.25, 0.3) is 0 Å². The monoisotopic (exact) mass is 263 g/mol. The van der Waals surface area contributed by atoms with Gasteiger partial charge in [0.2, 0.25) is 0 Å². The van der Waals surface area contributed by atoms with E-state index in [1.807, 2.05) is 30.2 Å². The summed E-state index contributed by atoms with van der Waals surface area (Å²) in [6.07, 6.45) is 7.38. The van der Waals surface area contributed by atoms with Crippen molar-refractivity contribution in [2.24, 2.45) is 7.05 Å². The summed E-state index contributed by atoms with van der Waals surface area (Å²) in [6, 6.07) is 0.464. The van der Waals surface area contributed by atoms with E-state index in [0.717, 1.165) is 22.4 Å². The van der Waals surface area contributed by atoms with Crippen molar-refractivity contribution in [3.63, 3.8) is 0 Å². The van der Waals surface area contributed by atoms with Gasteiger partial charge in [0.05, 0.1) is 0 Å². The number of hydrogen-bond acceptors (Lipinski definition) is 5. The first kappa shape index (κ1) is 13.0. The maximum absolute atomic E-state index is 4.33. The third kappa shape index (κ3) is 3.54. The molecule has 0 unspecified atom stereocenters. The van der Waals surface area contributed by atoms with Crippen molar-refractivity contribution in [3.8, 4) is 0 Å². The van der Waals surface area contributed by atoms with Gasteiger partial charge >= 0.3 is 0 Å². The van der Waals surface area contributed by atoms with Crippen LogP contribution in [0.4, 0.5) is 0 Å². The van der Waals surface area contributed by atoms with Gasteiger partial charge in [-0.15, -0.1) is 0 Å². The minimum atomic E-state index is 0.464. The summed E-state index contributed by atoms with van der Waals surface area (Å²) in [5, 5.41) is 4.94. The molecule has 0 radical (unpaired) electrons. The number of aromatic nitrogens is 4. The van der Waals surface area contributed by atoms with Crippen LogP contribution in [0, 0.1) is 0 Å². The van der Waals surface area contributed by atoms with Gasteiger partial charge < -0.3 is 9.88 Å². The number of imidazole rings is 1. The van der Waals surface area contributed by atoms with Crippen molar-refractivity contribution < 1.29 is 0 Å². The highest BCUT2D eigenvalue weighted by molar-refractivity contribution is 7.99. The average Bonchev–Trinajstić information content (AvgIpc) is 2.74. The van der Waals surface area contributed by atoms with Gasteiger partial charge in [-0.05, 0) is 11.8 Å². The smallest absolute Gasteiger partial charge is 0.195 e. The molecule has 2 rings (SSSR count). The first-order valence-corrected chi connectivity index (χ1v) is 6.66. The molecule has 0 atom stereocenters. The van der Waals surface area contributed by atoms with Crippen LogP contribution in [0.15, 0.2) is 35.1 Å². The fourth-order valence-corrected chi connectivity index (χ4v) is 2.03. The van der Waals surface area contributed by atoms with E-state index >= 15 is 0 Å². The van der Waals surface area contributed by atoms with Crippen molar-refractivity contribution in [2.45, 2.75) is 36.7 Å². The molecule has 18 heavy (non-hydrogen) atoms. The Morgan fingerprint density at radius 2 is 2.00 bits per heavy atom. The fraction of sp³-hybridized carbons (Fsp3) is 0.417. The molecule has 2 aromatic heterocycles. The molecule has 0 saturated carbocycles. The first-order valence-electron chi connectivity index (χ1n) is 5.84. The van der Waals surface area contributed by atoms with E-state index in [-0.39, 0.29) is 0 Å². The van der Waals surface area contributed by atoms with E-state index in [0.29, 0.717) is 6.04 Å². The summed E-state index contributed by atoms with van der Waals surface area (Å²) in [4.78, 5) is 12.9. The van der Waals surface area contributed by atoms with Crippen LogP contribution in [-0.2, 0) is 13.6 Å². The number of nitrogens with one attached hydrogen (secondary N) is 1. The average molecular weight is 263 g/mol. The minimum Gasteiger partial charge on any atom is -0.329 e. The standard InChI is InChI=1S/C12H17N5S/c1-9(2)14-6-10-7-15-11(16-8-10)18-12-13-4-5-17(12)3/h4-5,7-9,14H,6H2,1-3H3. The molecule has 0 bridgehead atoms. The molecule has 5 nitrogen and oxygen atoms in total. The van der Waals surface area contributed by atoms with E-state index in [4.69, 9.17) is 0 Å². The van der Waals surface area contributed by atoms with Crippen LogP contribution < -0.4 is 5.32 Å². The van der Waals surface area contributed by atoms with Gasteiger partial charge in [-0.1, -0.05) is 13.8 Å². The lowest BCUT2D eigenvalue weighted by Crippen LogP contribution is -2.21. The van der Waals surface area contributed by atoms with Crippen LogP contribution in [0.5, 0.6) is 0 Å². The maximum atomic E-state index is 4.33. The number of nitrogens with zero attached hydrogens (tertiary/aromatic N) is 4. The summed E-state index contributed by atoms with van der Waals surface area (Å²) < 4.78 is 1.95. The van der Waals surface area contributed by atoms with Crippen LogP contribution in [0.1, 0.15) is 19.4 Å². The van der Waals surface area contributed by atoms with Crippen molar-refractivity contribution in [1.82, 2.24) is 24.8 Å². The zero-order chi connectivity index (χ0) is 13.0. The second kappa shape index (κ2) is 5.97. The van der Waals surface area contributed by atoms with Crippen molar-refractivity contribution in [1.29, 1.82) is 0 Å². The first-order chi connectivity index (χ1) is 8.65. The lowest BCUT2D eigenvalue weighted by molar-refractivity contribution is 0.585. The molecule has 0 aliphatic carbocycles. The summed E-state index contributed by atoms with van der Waals surface area (Å²) in [7, 11) is 1.95. The van der Waals surface area contributed by atoms with Crippen molar-refractivity contribution in [2.75, 3.05) is 0 Å². The number of rotatable bonds is 5. The third-order valence-corrected chi connectivity index (χ3v) is 3.32. The number of hydrogen-bond donors (Lipinski definition) is 1. The minimum absolute atomic E-state index is 0.464. The predicted octanol–water partition coefficient (Wildman–Crippen LogP) is 1.86. The fourth-order valence-electron chi connectivity index (χ4n) is 1.34.